The highest BCUT2D eigenvalue weighted by Crippen LogP contribution is 2.40. The first-order valence-corrected chi connectivity index (χ1v) is 9.42. The average Bonchev–Trinajstić information content (AvgIpc) is 3.39. The van der Waals surface area contributed by atoms with Gasteiger partial charge in [-0.15, -0.1) is 6.58 Å². The number of anilines is 3. The lowest BCUT2D eigenvalue weighted by atomic mass is 10.1. The lowest BCUT2D eigenvalue weighted by Gasteiger charge is -2.29. The first-order valence-electron chi connectivity index (χ1n) is 9.42. The number of benzene rings is 1. The zero-order valence-electron chi connectivity index (χ0n) is 15.1. The number of nitrogens with one attached hydrogen (secondary N) is 2. The van der Waals surface area contributed by atoms with E-state index in [1.807, 2.05) is 12.1 Å². The quantitative estimate of drug-likeness (QED) is 0.682. The Morgan fingerprint density at radius 2 is 2.15 bits per heavy atom. The molecule has 2 atom stereocenters. The fourth-order valence-corrected chi connectivity index (χ4v) is 4.39. The van der Waals surface area contributed by atoms with Gasteiger partial charge in [-0.3, -0.25) is 9.78 Å². The highest BCUT2D eigenvalue weighted by atomic mass is 16.1. The molecule has 2 aliphatic rings. The molecule has 2 fully saturated rings. The monoisotopic (exact) mass is 362 g/mol. The highest BCUT2D eigenvalue weighted by Gasteiger charge is 2.37. The van der Waals surface area contributed by atoms with Gasteiger partial charge in [-0.2, -0.15) is 10.1 Å². The number of allylic oxidation sites excluding steroid dienone is 1. The van der Waals surface area contributed by atoms with Crippen molar-refractivity contribution in [3.05, 3.63) is 53.5 Å². The third-order valence-electron chi connectivity index (χ3n) is 5.68. The van der Waals surface area contributed by atoms with Crippen LogP contribution in [0.25, 0.3) is 11.0 Å². The fraction of sp³-hybridized carbons (Fsp3) is 0.350. The average molecular weight is 362 g/mol. The second-order valence-electron chi connectivity index (χ2n) is 7.42. The van der Waals surface area contributed by atoms with E-state index in [2.05, 4.69) is 44.0 Å². The maximum atomic E-state index is 12.3. The third-order valence-corrected chi connectivity index (χ3v) is 5.68. The normalized spacial score (nSPS) is 21.1. The molecule has 0 amide bonds. The Hall–Kier alpha value is -3.09. The molecule has 0 spiro atoms. The molecule has 1 aromatic carbocycles. The Balaban J connectivity index is 1.39. The van der Waals surface area contributed by atoms with Crippen molar-refractivity contribution in [2.75, 3.05) is 16.8 Å². The number of rotatable bonds is 5. The summed E-state index contributed by atoms with van der Waals surface area (Å²) in [6.07, 6.45) is 7.29. The molecule has 7 heteroatoms. The maximum Gasteiger partial charge on any atom is 0.263 e. The van der Waals surface area contributed by atoms with Crippen molar-refractivity contribution >= 4 is 28.4 Å². The van der Waals surface area contributed by atoms with E-state index in [0.717, 1.165) is 11.6 Å². The summed E-state index contributed by atoms with van der Waals surface area (Å²) in [4.78, 5) is 22.1. The van der Waals surface area contributed by atoms with Gasteiger partial charge in [0.05, 0.1) is 12.7 Å². The van der Waals surface area contributed by atoms with E-state index in [4.69, 9.17) is 0 Å². The predicted molar refractivity (Wildman–Crippen MR) is 107 cm³/mol. The minimum atomic E-state index is -0.206. The summed E-state index contributed by atoms with van der Waals surface area (Å²) in [6, 6.07) is 9.06. The van der Waals surface area contributed by atoms with Crippen LogP contribution in [0.15, 0.2) is 47.9 Å². The molecule has 2 bridgehead atoms. The van der Waals surface area contributed by atoms with Crippen LogP contribution in [0.2, 0.25) is 0 Å². The van der Waals surface area contributed by atoms with Crippen LogP contribution < -0.4 is 15.8 Å². The van der Waals surface area contributed by atoms with E-state index in [9.17, 15) is 4.79 Å². The molecule has 3 heterocycles. The van der Waals surface area contributed by atoms with Gasteiger partial charge in [0.1, 0.15) is 5.39 Å². The Morgan fingerprint density at radius 1 is 1.30 bits per heavy atom. The van der Waals surface area contributed by atoms with Crippen molar-refractivity contribution in [2.45, 2.75) is 31.8 Å². The Labute approximate surface area is 156 Å². The minimum absolute atomic E-state index is 0.206. The number of aromatic nitrogens is 4. The van der Waals surface area contributed by atoms with Gasteiger partial charge < -0.3 is 10.2 Å². The summed E-state index contributed by atoms with van der Waals surface area (Å²) in [5.74, 6) is 1.28. The summed E-state index contributed by atoms with van der Waals surface area (Å²) in [5.41, 5.74) is 2.50. The first-order chi connectivity index (χ1) is 13.2. The largest absolute Gasteiger partial charge is 0.368 e. The van der Waals surface area contributed by atoms with Crippen LogP contribution in [0.4, 0.5) is 17.3 Å². The minimum Gasteiger partial charge on any atom is -0.368 e. The van der Waals surface area contributed by atoms with Crippen LogP contribution in [0.5, 0.6) is 0 Å². The molecule has 7 nitrogen and oxygen atoms in total. The highest BCUT2D eigenvalue weighted by molar-refractivity contribution is 5.75. The fourth-order valence-electron chi connectivity index (χ4n) is 4.39. The number of hydrogen-bond donors (Lipinski definition) is 2. The van der Waals surface area contributed by atoms with Gasteiger partial charge in [-0.25, -0.2) is 4.68 Å². The molecule has 27 heavy (non-hydrogen) atoms. The molecule has 5 rings (SSSR count). The summed E-state index contributed by atoms with van der Waals surface area (Å²) in [6.45, 7) is 5.40. The van der Waals surface area contributed by atoms with Gasteiger partial charge in [0.25, 0.3) is 5.56 Å². The molecular formula is C20H22N6O. The molecule has 138 valence electrons. The van der Waals surface area contributed by atoms with E-state index in [-0.39, 0.29) is 5.56 Å². The van der Waals surface area contributed by atoms with E-state index in [0.29, 0.717) is 29.6 Å². The van der Waals surface area contributed by atoms with Crippen LogP contribution in [0, 0.1) is 5.92 Å². The third kappa shape index (κ3) is 2.79. The molecular weight excluding hydrogens is 340 g/mol. The molecule has 2 aromatic heterocycles. The Morgan fingerprint density at radius 3 is 2.85 bits per heavy atom. The number of piperidine rings is 1. The second kappa shape index (κ2) is 6.26. The van der Waals surface area contributed by atoms with E-state index in [1.165, 1.54) is 37.7 Å². The number of aromatic amines is 1. The molecule has 1 saturated carbocycles. The molecule has 1 aliphatic carbocycles. The van der Waals surface area contributed by atoms with Crippen molar-refractivity contribution in [3.63, 3.8) is 0 Å². The van der Waals surface area contributed by atoms with Crippen molar-refractivity contribution in [3.8, 4) is 0 Å². The smallest absolute Gasteiger partial charge is 0.263 e. The summed E-state index contributed by atoms with van der Waals surface area (Å²) >= 11 is 0. The van der Waals surface area contributed by atoms with Crippen molar-refractivity contribution in [2.24, 2.45) is 5.92 Å². The van der Waals surface area contributed by atoms with Gasteiger partial charge in [-0.1, -0.05) is 6.08 Å². The lowest BCUT2D eigenvalue weighted by molar-refractivity contribution is 0.553. The van der Waals surface area contributed by atoms with Gasteiger partial charge in [-0.05, 0) is 49.4 Å². The molecule has 3 aromatic rings. The van der Waals surface area contributed by atoms with Gasteiger partial charge in [0.2, 0.25) is 5.95 Å². The Kier molecular flexibility index (Phi) is 3.74. The van der Waals surface area contributed by atoms with Crippen LogP contribution in [-0.2, 0) is 6.54 Å². The number of fused-ring (bicyclic) bond motifs is 3. The zero-order valence-corrected chi connectivity index (χ0v) is 15.1. The van der Waals surface area contributed by atoms with E-state index >= 15 is 0 Å². The SMILES string of the molecule is C=CCn1ncc2c(=O)[nH]c(Nc3ccc(N4CC5CCC4C5)cc3)nc21. The first kappa shape index (κ1) is 16.1. The molecule has 1 aliphatic heterocycles. The van der Waals surface area contributed by atoms with E-state index in [1.54, 1.807) is 10.8 Å². The number of H-pyrrole nitrogens is 1. The zero-order chi connectivity index (χ0) is 18.4. The van der Waals surface area contributed by atoms with E-state index < -0.39 is 0 Å². The predicted octanol–water partition coefficient (Wildman–Crippen LogP) is 3.04. The van der Waals surface area contributed by atoms with Crippen LogP contribution >= 0.6 is 0 Å². The summed E-state index contributed by atoms with van der Waals surface area (Å²) < 4.78 is 1.66. The summed E-state index contributed by atoms with van der Waals surface area (Å²) in [7, 11) is 0. The van der Waals surface area contributed by atoms with Gasteiger partial charge in [0.15, 0.2) is 5.65 Å². The molecule has 2 unspecified atom stereocenters. The van der Waals surface area contributed by atoms with Crippen LogP contribution in [0.3, 0.4) is 0 Å². The summed E-state index contributed by atoms with van der Waals surface area (Å²) in [5, 5.41) is 7.87. The Bertz CT molecular complexity index is 1050. The second-order valence-corrected chi connectivity index (χ2v) is 7.42. The molecule has 0 radical (unpaired) electrons. The number of nitrogens with zero attached hydrogens (tertiary/aromatic N) is 4. The van der Waals surface area contributed by atoms with Crippen molar-refractivity contribution < 1.29 is 0 Å². The number of hydrogen-bond acceptors (Lipinski definition) is 5. The van der Waals surface area contributed by atoms with Crippen molar-refractivity contribution in [1.29, 1.82) is 0 Å². The maximum absolute atomic E-state index is 12.3. The lowest BCUT2D eigenvalue weighted by Crippen LogP contribution is -2.31. The van der Waals surface area contributed by atoms with Crippen LogP contribution in [0.1, 0.15) is 19.3 Å². The molecule has 2 N–H and O–H groups in total. The standard InChI is InChI=1S/C20H22N6O/c1-2-9-26-18-17(11-21-26)19(27)24-20(23-18)22-14-4-7-15(8-5-14)25-12-13-3-6-16(25)10-13/h2,4-5,7-8,11,13,16H,1,3,6,9-10,12H2,(H2,22,23,24,27). The van der Waals surface area contributed by atoms with Crippen LogP contribution in [-0.4, -0.2) is 32.3 Å². The van der Waals surface area contributed by atoms with Crippen molar-refractivity contribution in [1.82, 2.24) is 19.7 Å². The molecule has 1 saturated heterocycles. The van der Waals surface area contributed by atoms with Gasteiger partial charge in [0, 0.05) is 24.0 Å². The van der Waals surface area contributed by atoms with Gasteiger partial charge >= 0.3 is 0 Å². The topological polar surface area (TPSA) is 78.8 Å².